The van der Waals surface area contributed by atoms with Gasteiger partial charge in [0, 0.05) is 44.6 Å². The van der Waals surface area contributed by atoms with Gasteiger partial charge in [-0.2, -0.15) is 4.98 Å². The van der Waals surface area contributed by atoms with Crippen LogP contribution in [0.1, 0.15) is 6.92 Å². The van der Waals surface area contributed by atoms with E-state index < -0.39 is 0 Å². The van der Waals surface area contributed by atoms with Crippen LogP contribution in [-0.2, 0) is 4.79 Å². The summed E-state index contributed by atoms with van der Waals surface area (Å²) in [7, 11) is 0. The number of hydrogen-bond acceptors (Lipinski definition) is 6. The Hall–Kier alpha value is -2.67. The number of nitrogens with one attached hydrogen (secondary N) is 2. The van der Waals surface area contributed by atoms with E-state index in [2.05, 4.69) is 30.4 Å². The normalized spacial score (nSPS) is 15.0. The summed E-state index contributed by atoms with van der Waals surface area (Å²) in [4.78, 5) is 25.4. The van der Waals surface area contributed by atoms with E-state index in [1.54, 1.807) is 6.20 Å². The minimum atomic E-state index is 0.0186. The van der Waals surface area contributed by atoms with Crippen molar-refractivity contribution in [2.24, 2.45) is 0 Å². The van der Waals surface area contributed by atoms with Gasteiger partial charge in [-0.1, -0.05) is 18.2 Å². The number of aromatic nitrogens is 2. The van der Waals surface area contributed by atoms with Crippen molar-refractivity contribution in [2.45, 2.75) is 6.92 Å². The number of amides is 1. The van der Waals surface area contributed by atoms with E-state index >= 15 is 0 Å². The van der Waals surface area contributed by atoms with Crippen molar-refractivity contribution in [3.63, 3.8) is 0 Å². The Kier molecular flexibility index (Phi) is 5.79. The SMILES string of the molecule is CCNc1ccnc(N2CCN(CC(=O)Nc3ccccc3)CC2)n1. The maximum Gasteiger partial charge on any atom is 0.238 e. The Bertz CT molecular complexity index is 685. The third-order valence-electron chi connectivity index (χ3n) is 4.08. The van der Waals surface area contributed by atoms with E-state index in [0.29, 0.717) is 6.54 Å². The molecule has 0 spiro atoms. The first-order valence-corrected chi connectivity index (χ1v) is 8.63. The zero-order valence-electron chi connectivity index (χ0n) is 14.5. The summed E-state index contributed by atoms with van der Waals surface area (Å²) in [6.07, 6.45) is 1.78. The standard InChI is InChI=1S/C18H24N6O/c1-2-19-16-8-9-20-18(22-16)24-12-10-23(11-13-24)14-17(25)21-15-6-4-3-5-7-15/h3-9H,2,10-14H2,1H3,(H,21,25)(H,19,20,22). The molecule has 0 bridgehead atoms. The van der Waals surface area contributed by atoms with E-state index in [9.17, 15) is 4.79 Å². The average Bonchev–Trinajstić information content (AvgIpc) is 2.64. The van der Waals surface area contributed by atoms with Gasteiger partial charge in [0.15, 0.2) is 0 Å². The molecule has 0 unspecified atom stereocenters. The molecule has 7 heteroatoms. The third-order valence-corrected chi connectivity index (χ3v) is 4.08. The Morgan fingerprint density at radius 1 is 1.12 bits per heavy atom. The average molecular weight is 340 g/mol. The molecule has 1 aromatic heterocycles. The third kappa shape index (κ3) is 4.90. The lowest BCUT2D eigenvalue weighted by Gasteiger charge is -2.34. The zero-order valence-corrected chi connectivity index (χ0v) is 14.5. The molecule has 1 saturated heterocycles. The fourth-order valence-corrected chi connectivity index (χ4v) is 2.81. The second-order valence-electron chi connectivity index (χ2n) is 5.95. The van der Waals surface area contributed by atoms with E-state index in [1.807, 2.05) is 43.3 Å². The Balaban J connectivity index is 1.48. The fourth-order valence-electron chi connectivity index (χ4n) is 2.81. The molecule has 3 rings (SSSR count). The number of carbonyl (C=O) groups is 1. The van der Waals surface area contributed by atoms with Crippen LogP contribution in [-0.4, -0.2) is 60.0 Å². The molecule has 1 aliphatic rings. The molecule has 1 amide bonds. The molecule has 1 aliphatic heterocycles. The number of carbonyl (C=O) groups excluding carboxylic acids is 1. The lowest BCUT2D eigenvalue weighted by atomic mass is 10.3. The largest absolute Gasteiger partial charge is 0.370 e. The summed E-state index contributed by atoms with van der Waals surface area (Å²) in [6.45, 7) is 6.54. The molecular weight excluding hydrogens is 316 g/mol. The number of hydrogen-bond donors (Lipinski definition) is 2. The van der Waals surface area contributed by atoms with Crippen molar-refractivity contribution < 1.29 is 4.79 Å². The van der Waals surface area contributed by atoms with Gasteiger partial charge in [-0.25, -0.2) is 4.98 Å². The minimum absolute atomic E-state index is 0.0186. The van der Waals surface area contributed by atoms with Gasteiger partial charge in [-0.05, 0) is 25.1 Å². The monoisotopic (exact) mass is 340 g/mol. The smallest absolute Gasteiger partial charge is 0.238 e. The van der Waals surface area contributed by atoms with Crippen LogP contribution in [0, 0.1) is 0 Å². The van der Waals surface area contributed by atoms with Gasteiger partial charge in [-0.3, -0.25) is 9.69 Å². The topological polar surface area (TPSA) is 73.4 Å². The summed E-state index contributed by atoms with van der Waals surface area (Å²) >= 11 is 0. The summed E-state index contributed by atoms with van der Waals surface area (Å²) in [5, 5.41) is 6.13. The van der Waals surface area contributed by atoms with Crippen LogP contribution in [0.3, 0.4) is 0 Å². The van der Waals surface area contributed by atoms with Gasteiger partial charge >= 0.3 is 0 Å². The van der Waals surface area contributed by atoms with E-state index in [-0.39, 0.29) is 5.91 Å². The summed E-state index contributed by atoms with van der Waals surface area (Å²) in [6, 6.07) is 11.4. The van der Waals surface area contributed by atoms with Crippen LogP contribution in [0.5, 0.6) is 0 Å². The first kappa shape index (κ1) is 17.2. The molecule has 0 saturated carbocycles. The lowest BCUT2D eigenvalue weighted by Crippen LogP contribution is -2.49. The van der Waals surface area contributed by atoms with Crippen LogP contribution < -0.4 is 15.5 Å². The Morgan fingerprint density at radius 2 is 1.88 bits per heavy atom. The molecule has 25 heavy (non-hydrogen) atoms. The molecule has 2 N–H and O–H groups in total. The molecule has 1 fully saturated rings. The van der Waals surface area contributed by atoms with E-state index in [4.69, 9.17) is 0 Å². The van der Waals surface area contributed by atoms with Crippen molar-refractivity contribution in [3.05, 3.63) is 42.6 Å². The number of benzene rings is 1. The minimum Gasteiger partial charge on any atom is -0.370 e. The second kappa shape index (κ2) is 8.43. The molecular formula is C18H24N6O. The van der Waals surface area contributed by atoms with Gasteiger partial charge in [0.05, 0.1) is 6.54 Å². The fraction of sp³-hybridized carbons (Fsp3) is 0.389. The second-order valence-corrected chi connectivity index (χ2v) is 5.95. The highest BCUT2D eigenvalue weighted by atomic mass is 16.2. The highest BCUT2D eigenvalue weighted by Gasteiger charge is 2.20. The molecule has 0 radical (unpaired) electrons. The molecule has 0 aliphatic carbocycles. The van der Waals surface area contributed by atoms with Crippen LogP contribution >= 0.6 is 0 Å². The predicted octanol–water partition coefficient (Wildman–Crippen LogP) is 1.67. The molecule has 2 aromatic rings. The first-order valence-electron chi connectivity index (χ1n) is 8.63. The molecule has 132 valence electrons. The van der Waals surface area contributed by atoms with Crippen LogP contribution in [0.25, 0.3) is 0 Å². The van der Waals surface area contributed by atoms with Gasteiger partial charge < -0.3 is 15.5 Å². The van der Waals surface area contributed by atoms with Crippen LogP contribution in [0.4, 0.5) is 17.5 Å². The Labute approximate surface area is 148 Å². The summed E-state index contributed by atoms with van der Waals surface area (Å²) < 4.78 is 0. The predicted molar refractivity (Wildman–Crippen MR) is 99.9 cm³/mol. The lowest BCUT2D eigenvalue weighted by molar-refractivity contribution is -0.117. The van der Waals surface area contributed by atoms with Gasteiger partial charge in [0.1, 0.15) is 5.82 Å². The number of anilines is 3. The molecule has 7 nitrogen and oxygen atoms in total. The van der Waals surface area contributed by atoms with Crippen LogP contribution in [0.15, 0.2) is 42.6 Å². The van der Waals surface area contributed by atoms with Gasteiger partial charge in [0.2, 0.25) is 11.9 Å². The summed E-state index contributed by atoms with van der Waals surface area (Å²) in [5.74, 6) is 1.61. The van der Waals surface area contributed by atoms with E-state index in [0.717, 1.165) is 50.2 Å². The number of nitrogens with zero attached hydrogens (tertiary/aromatic N) is 4. The number of rotatable bonds is 6. The van der Waals surface area contributed by atoms with Crippen molar-refractivity contribution in [1.29, 1.82) is 0 Å². The van der Waals surface area contributed by atoms with Crippen molar-refractivity contribution in [2.75, 3.05) is 54.8 Å². The Morgan fingerprint density at radius 3 is 2.60 bits per heavy atom. The van der Waals surface area contributed by atoms with Gasteiger partial charge in [-0.15, -0.1) is 0 Å². The first-order chi connectivity index (χ1) is 12.2. The van der Waals surface area contributed by atoms with Crippen molar-refractivity contribution >= 4 is 23.4 Å². The summed E-state index contributed by atoms with van der Waals surface area (Å²) in [5.41, 5.74) is 0.833. The quantitative estimate of drug-likeness (QED) is 0.833. The molecule has 2 heterocycles. The number of para-hydroxylation sites is 1. The zero-order chi connectivity index (χ0) is 17.5. The van der Waals surface area contributed by atoms with Crippen molar-refractivity contribution in [3.8, 4) is 0 Å². The molecule has 1 aromatic carbocycles. The maximum absolute atomic E-state index is 12.1. The highest BCUT2D eigenvalue weighted by Crippen LogP contribution is 2.13. The van der Waals surface area contributed by atoms with Crippen molar-refractivity contribution in [1.82, 2.24) is 14.9 Å². The van der Waals surface area contributed by atoms with Crippen LogP contribution in [0.2, 0.25) is 0 Å². The van der Waals surface area contributed by atoms with E-state index in [1.165, 1.54) is 0 Å². The maximum atomic E-state index is 12.1. The molecule has 0 atom stereocenters. The highest BCUT2D eigenvalue weighted by molar-refractivity contribution is 5.92. The number of piperazine rings is 1. The van der Waals surface area contributed by atoms with Gasteiger partial charge in [0.25, 0.3) is 0 Å².